The summed E-state index contributed by atoms with van der Waals surface area (Å²) in [6, 6.07) is 83.4. The van der Waals surface area contributed by atoms with Crippen molar-refractivity contribution in [1.29, 1.82) is 0 Å². The Labute approximate surface area is 363 Å². The predicted molar refractivity (Wildman–Crippen MR) is 264 cm³/mol. The standard InChI is InChI=1S/C59H38N4/c1-3-19-39(20-4-1)52-37-40-21-7-8-25-46(40)59-57(52)58(60-63(59)42-22-5-2-6-23-42)51-30-10-9-24-45(51)41-35-43(61-53-31-15-11-26-47(53)48-27-12-16-32-54(48)61)38-44(36-41)62-55-33-17-13-28-49(55)50-29-14-18-34-56(50)62/h1-38H. The first kappa shape index (κ1) is 35.3. The molecule has 0 fully saturated rings. The lowest BCUT2D eigenvalue weighted by Gasteiger charge is -2.17. The number of fused-ring (bicyclic) bond motifs is 9. The summed E-state index contributed by atoms with van der Waals surface area (Å²) in [5.74, 6) is 0. The fourth-order valence-electron chi connectivity index (χ4n) is 10.1. The number of nitrogens with zero attached hydrogens (tertiary/aromatic N) is 4. The van der Waals surface area contributed by atoms with Crippen molar-refractivity contribution in [3.63, 3.8) is 0 Å². The number of hydrogen-bond donors (Lipinski definition) is 0. The Morgan fingerprint density at radius 2 is 0.746 bits per heavy atom. The quantitative estimate of drug-likeness (QED) is 0.165. The zero-order chi connectivity index (χ0) is 41.4. The Bertz CT molecular complexity index is 3670. The second-order valence-corrected chi connectivity index (χ2v) is 16.4. The number of aromatic nitrogens is 4. The van der Waals surface area contributed by atoms with Crippen molar-refractivity contribution in [2.75, 3.05) is 0 Å². The first-order chi connectivity index (χ1) is 31.3. The molecular formula is C59H38N4. The zero-order valence-corrected chi connectivity index (χ0v) is 34.2. The van der Waals surface area contributed by atoms with Gasteiger partial charge in [-0.3, -0.25) is 0 Å². The molecule has 0 atom stereocenters. The maximum absolute atomic E-state index is 5.67. The lowest BCUT2D eigenvalue weighted by molar-refractivity contribution is 0.918. The van der Waals surface area contributed by atoms with Gasteiger partial charge in [0.1, 0.15) is 5.69 Å². The third kappa shape index (κ3) is 5.45. The molecule has 0 saturated carbocycles. The van der Waals surface area contributed by atoms with Gasteiger partial charge in [0.05, 0.1) is 33.3 Å². The molecule has 0 amide bonds. The van der Waals surface area contributed by atoms with Gasteiger partial charge >= 0.3 is 0 Å². The third-order valence-corrected chi connectivity index (χ3v) is 12.8. The molecule has 0 unspecified atom stereocenters. The van der Waals surface area contributed by atoms with Crippen molar-refractivity contribution < 1.29 is 0 Å². The zero-order valence-electron chi connectivity index (χ0n) is 34.2. The van der Waals surface area contributed by atoms with Crippen LogP contribution in [0.1, 0.15) is 0 Å². The summed E-state index contributed by atoms with van der Waals surface area (Å²) in [7, 11) is 0. The van der Waals surface area contributed by atoms with Crippen LogP contribution in [0.3, 0.4) is 0 Å². The highest BCUT2D eigenvalue weighted by Crippen LogP contribution is 2.45. The summed E-state index contributed by atoms with van der Waals surface area (Å²) in [6.45, 7) is 0. The van der Waals surface area contributed by atoms with Gasteiger partial charge in [0, 0.05) is 49.3 Å². The minimum absolute atomic E-state index is 0.940. The van der Waals surface area contributed by atoms with E-state index in [0.29, 0.717) is 0 Å². The molecule has 0 N–H and O–H groups in total. The highest BCUT2D eigenvalue weighted by molar-refractivity contribution is 6.18. The summed E-state index contributed by atoms with van der Waals surface area (Å²) in [5, 5.41) is 14.1. The molecule has 0 saturated heterocycles. The topological polar surface area (TPSA) is 27.7 Å². The van der Waals surface area contributed by atoms with Gasteiger partial charge in [-0.1, -0.05) is 170 Å². The number of benzene rings is 10. The second kappa shape index (κ2) is 14.1. The Kier molecular flexibility index (Phi) is 7.87. The highest BCUT2D eigenvalue weighted by Gasteiger charge is 2.24. The van der Waals surface area contributed by atoms with Gasteiger partial charge in [0.2, 0.25) is 0 Å². The first-order valence-electron chi connectivity index (χ1n) is 21.6. The Balaban J connectivity index is 1.15. The van der Waals surface area contributed by atoms with Crippen LogP contribution in [0.5, 0.6) is 0 Å². The van der Waals surface area contributed by atoms with Gasteiger partial charge in [0.25, 0.3) is 0 Å². The average molecular weight is 803 g/mol. The highest BCUT2D eigenvalue weighted by atomic mass is 15.3. The molecule has 0 aliphatic rings. The van der Waals surface area contributed by atoms with E-state index in [9.17, 15) is 0 Å². The van der Waals surface area contributed by atoms with Crippen LogP contribution in [-0.4, -0.2) is 18.9 Å². The normalized spacial score (nSPS) is 11.8. The second-order valence-electron chi connectivity index (χ2n) is 16.4. The van der Waals surface area contributed by atoms with Crippen molar-refractivity contribution in [2.45, 2.75) is 0 Å². The van der Waals surface area contributed by atoms with Crippen LogP contribution >= 0.6 is 0 Å². The summed E-state index contributed by atoms with van der Waals surface area (Å²) in [4.78, 5) is 0. The third-order valence-electron chi connectivity index (χ3n) is 12.8. The predicted octanol–water partition coefficient (Wildman–Crippen LogP) is 15.4. The van der Waals surface area contributed by atoms with Crippen LogP contribution in [0.15, 0.2) is 231 Å². The summed E-state index contributed by atoms with van der Waals surface area (Å²) in [6.07, 6.45) is 0. The summed E-state index contributed by atoms with van der Waals surface area (Å²) >= 11 is 0. The monoisotopic (exact) mass is 802 g/mol. The van der Waals surface area contributed by atoms with Gasteiger partial charge in [-0.05, 0) is 88.3 Å². The minimum atomic E-state index is 0.940. The molecule has 13 rings (SSSR count). The fraction of sp³-hybridized carbons (Fsp3) is 0. The molecule has 10 aromatic carbocycles. The Morgan fingerprint density at radius 1 is 0.302 bits per heavy atom. The van der Waals surface area contributed by atoms with Crippen LogP contribution in [0.4, 0.5) is 0 Å². The van der Waals surface area contributed by atoms with E-state index < -0.39 is 0 Å². The van der Waals surface area contributed by atoms with E-state index in [1.807, 2.05) is 0 Å². The lowest BCUT2D eigenvalue weighted by atomic mass is 9.91. The molecule has 0 radical (unpaired) electrons. The van der Waals surface area contributed by atoms with Gasteiger partial charge in [0.15, 0.2) is 0 Å². The molecule has 294 valence electrons. The van der Waals surface area contributed by atoms with Crippen molar-refractivity contribution >= 4 is 65.3 Å². The molecular weight excluding hydrogens is 765 g/mol. The summed E-state index contributed by atoms with van der Waals surface area (Å²) < 4.78 is 7.04. The Hall–Kier alpha value is -8.47. The maximum Gasteiger partial charge on any atom is 0.102 e. The molecule has 0 aliphatic heterocycles. The van der Waals surface area contributed by atoms with E-state index in [1.54, 1.807) is 0 Å². The molecule has 63 heavy (non-hydrogen) atoms. The van der Waals surface area contributed by atoms with Gasteiger partial charge in [-0.25, -0.2) is 4.68 Å². The smallest absolute Gasteiger partial charge is 0.102 e. The van der Waals surface area contributed by atoms with Gasteiger partial charge in [-0.2, -0.15) is 5.10 Å². The molecule has 0 aliphatic carbocycles. The van der Waals surface area contributed by atoms with Crippen LogP contribution in [0.25, 0.3) is 116 Å². The average Bonchev–Trinajstić information content (AvgIpc) is 4.03. The molecule has 0 bridgehead atoms. The van der Waals surface area contributed by atoms with Gasteiger partial charge < -0.3 is 9.13 Å². The Morgan fingerprint density at radius 3 is 1.30 bits per heavy atom. The number of rotatable bonds is 6. The molecule has 0 spiro atoms. The number of hydrogen-bond acceptors (Lipinski definition) is 1. The van der Waals surface area contributed by atoms with Crippen LogP contribution < -0.4 is 0 Å². The van der Waals surface area contributed by atoms with Crippen LogP contribution in [0, 0.1) is 0 Å². The van der Waals surface area contributed by atoms with Gasteiger partial charge in [-0.15, -0.1) is 0 Å². The first-order valence-corrected chi connectivity index (χ1v) is 21.6. The lowest BCUT2D eigenvalue weighted by Crippen LogP contribution is -2.00. The van der Waals surface area contributed by atoms with Crippen molar-refractivity contribution in [3.05, 3.63) is 231 Å². The molecule has 4 heteroatoms. The van der Waals surface area contributed by atoms with E-state index in [1.165, 1.54) is 49.0 Å². The molecule has 3 heterocycles. The minimum Gasteiger partial charge on any atom is -0.309 e. The molecule has 3 aromatic heterocycles. The van der Waals surface area contributed by atoms with E-state index in [2.05, 4.69) is 244 Å². The fourth-order valence-corrected chi connectivity index (χ4v) is 10.1. The van der Waals surface area contributed by atoms with Crippen molar-refractivity contribution in [1.82, 2.24) is 18.9 Å². The van der Waals surface area contributed by atoms with Crippen molar-refractivity contribution in [2.24, 2.45) is 0 Å². The van der Waals surface area contributed by atoms with Crippen LogP contribution in [0.2, 0.25) is 0 Å². The summed E-state index contributed by atoms with van der Waals surface area (Å²) in [5.41, 5.74) is 15.5. The molecule has 13 aromatic rings. The molecule has 4 nitrogen and oxygen atoms in total. The SMILES string of the molecule is c1ccc(-c2cc3ccccc3c3c2c(-c2ccccc2-c2cc(-n4c5ccccc5c5ccccc54)cc(-n4c5ccccc5c5ccccc54)c2)nn3-c2ccccc2)cc1. The van der Waals surface area contributed by atoms with Crippen molar-refractivity contribution in [3.8, 4) is 50.6 Å². The van der Waals surface area contributed by atoms with E-state index >= 15 is 0 Å². The van der Waals surface area contributed by atoms with E-state index in [0.717, 1.165) is 66.9 Å². The van der Waals surface area contributed by atoms with E-state index in [-0.39, 0.29) is 0 Å². The number of para-hydroxylation sites is 5. The largest absolute Gasteiger partial charge is 0.309 e. The van der Waals surface area contributed by atoms with E-state index in [4.69, 9.17) is 5.10 Å². The maximum atomic E-state index is 5.67. The van der Waals surface area contributed by atoms with Crippen LogP contribution in [-0.2, 0) is 0 Å².